The number of rotatable bonds is 3. The predicted octanol–water partition coefficient (Wildman–Crippen LogP) is 4.41. The Bertz CT molecular complexity index is 1080. The standard InChI is InChI=1S/C21H20F2N4O3/c1-12-3-6-18(13(2)24-12)29-21(28)27-9-7-14(8-10-27)19-25-20(30-26-19)16-5-4-15(22)11-17(16)23/h3-6,11,14H,7-10H2,1-2H3. The molecule has 1 aliphatic rings. The second-order valence-corrected chi connectivity index (χ2v) is 7.25. The first-order valence-corrected chi connectivity index (χ1v) is 9.61. The number of hydrogen-bond acceptors (Lipinski definition) is 6. The lowest BCUT2D eigenvalue weighted by Gasteiger charge is -2.29. The van der Waals surface area contributed by atoms with Gasteiger partial charge in [-0.1, -0.05) is 5.16 Å². The van der Waals surface area contributed by atoms with Gasteiger partial charge < -0.3 is 14.2 Å². The van der Waals surface area contributed by atoms with Gasteiger partial charge >= 0.3 is 6.09 Å². The van der Waals surface area contributed by atoms with E-state index in [9.17, 15) is 13.6 Å². The van der Waals surface area contributed by atoms with E-state index in [1.165, 1.54) is 6.07 Å². The van der Waals surface area contributed by atoms with Crippen LogP contribution in [0.1, 0.15) is 36.0 Å². The summed E-state index contributed by atoms with van der Waals surface area (Å²) in [5.41, 5.74) is 1.57. The van der Waals surface area contributed by atoms with Gasteiger partial charge in [-0.15, -0.1) is 0 Å². The molecule has 1 fully saturated rings. The number of piperidine rings is 1. The summed E-state index contributed by atoms with van der Waals surface area (Å²) in [7, 11) is 0. The van der Waals surface area contributed by atoms with Crippen molar-refractivity contribution in [3.63, 3.8) is 0 Å². The first-order valence-electron chi connectivity index (χ1n) is 9.61. The van der Waals surface area contributed by atoms with Gasteiger partial charge in [0.15, 0.2) is 11.6 Å². The number of hydrogen-bond donors (Lipinski definition) is 0. The lowest BCUT2D eigenvalue weighted by molar-refractivity contribution is 0.137. The number of carbonyl (C=O) groups is 1. The van der Waals surface area contributed by atoms with Crippen molar-refractivity contribution in [2.24, 2.45) is 0 Å². The Morgan fingerprint density at radius 1 is 1.13 bits per heavy atom. The molecule has 30 heavy (non-hydrogen) atoms. The molecule has 0 bridgehead atoms. The van der Waals surface area contributed by atoms with E-state index >= 15 is 0 Å². The third-order valence-corrected chi connectivity index (χ3v) is 5.10. The zero-order valence-corrected chi connectivity index (χ0v) is 16.6. The number of carbonyl (C=O) groups excluding carboxylic acids is 1. The van der Waals surface area contributed by atoms with Crippen LogP contribution < -0.4 is 4.74 Å². The highest BCUT2D eigenvalue weighted by atomic mass is 19.1. The van der Waals surface area contributed by atoms with Gasteiger partial charge in [-0.05, 0) is 51.0 Å². The third-order valence-electron chi connectivity index (χ3n) is 5.10. The minimum absolute atomic E-state index is 0.00619. The number of ether oxygens (including phenoxy) is 1. The van der Waals surface area contributed by atoms with Gasteiger partial charge in [0.2, 0.25) is 0 Å². The van der Waals surface area contributed by atoms with Crippen molar-refractivity contribution < 1.29 is 22.8 Å². The second kappa shape index (κ2) is 8.17. The molecule has 0 N–H and O–H groups in total. The summed E-state index contributed by atoms with van der Waals surface area (Å²) in [6.45, 7) is 4.60. The van der Waals surface area contributed by atoms with Crippen molar-refractivity contribution in [1.82, 2.24) is 20.0 Å². The monoisotopic (exact) mass is 414 g/mol. The van der Waals surface area contributed by atoms with Crippen LogP contribution in [0, 0.1) is 25.5 Å². The molecule has 0 spiro atoms. The molecule has 1 aliphatic heterocycles. The number of halogens is 2. The molecule has 2 aromatic heterocycles. The Balaban J connectivity index is 1.37. The van der Waals surface area contributed by atoms with Crippen molar-refractivity contribution in [2.75, 3.05) is 13.1 Å². The maximum atomic E-state index is 13.9. The molecule has 1 amide bonds. The molecule has 1 saturated heterocycles. The van der Waals surface area contributed by atoms with Crippen LogP contribution in [0.4, 0.5) is 13.6 Å². The largest absolute Gasteiger partial charge is 0.415 e. The number of likely N-dealkylation sites (tertiary alicyclic amines) is 1. The van der Waals surface area contributed by atoms with Gasteiger partial charge in [0.05, 0.1) is 11.3 Å². The van der Waals surface area contributed by atoms with Crippen molar-refractivity contribution in [3.05, 3.63) is 59.2 Å². The fraction of sp³-hybridized carbons (Fsp3) is 0.333. The number of aryl methyl sites for hydroxylation is 2. The van der Waals surface area contributed by atoms with Crippen LogP contribution in [0.5, 0.6) is 5.75 Å². The maximum absolute atomic E-state index is 13.9. The summed E-state index contributed by atoms with van der Waals surface area (Å²) in [6.07, 6.45) is 0.806. The molecule has 7 nitrogen and oxygen atoms in total. The van der Waals surface area contributed by atoms with Crippen LogP contribution >= 0.6 is 0 Å². The Morgan fingerprint density at radius 3 is 2.60 bits per heavy atom. The maximum Gasteiger partial charge on any atom is 0.415 e. The fourth-order valence-electron chi connectivity index (χ4n) is 3.43. The molecular weight excluding hydrogens is 394 g/mol. The van der Waals surface area contributed by atoms with Gasteiger partial charge in [0, 0.05) is 30.8 Å². The molecule has 156 valence electrons. The van der Waals surface area contributed by atoms with E-state index in [-0.39, 0.29) is 17.4 Å². The smallest absolute Gasteiger partial charge is 0.408 e. The average molecular weight is 414 g/mol. The van der Waals surface area contributed by atoms with E-state index in [4.69, 9.17) is 9.26 Å². The SMILES string of the molecule is Cc1ccc(OC(=O)N2CCC(c3noc(-c4ccc(F)cc4F)n3)CC2)c(C)n1. The second-order valence-electron chi connectivity index (χ2n) is 7.25. The number of amides is 1. The number of aromatic nitrogens is 3. The van der Waals surface area contributed by atoms with E-state index < -0.39 is 17.7 Å². The Kier molecular flexibility index (Phi) is 5.43. The van der Waals surface area contributed by atoms with Crippen molar-refractivity contribution in [1.29, 1.82) is 0 Å². The van der Waals surface area contributed by atoms with Gasteiger partial charge in [-0.2, -0.15) is 4.98 Å². The van der Waals surface area contributed by atoms with Crippen LogP contribution in [0.3, 0.4) is 0 Å². The topological polar surface area (TPSA) is 81.4 Å². The summed E-state index contributed by atoms with van der Waals surface area (Å²) in [5, 5.41) is 3.95. The van der Waals surface area contributed by atoms with Gasteiger partial charge in [-0.25, -0.2) is 13.6 Å². The van der Waals surface area contributed by atoms with Gasteiger partial charge in [0.25, 0.3) is 5.89 Å². The minimum atomic E-state index is -0.761. The molecule has 9 heteroatoms. The highest BCUT2D eigenvalue weighted by Gasteiger charge is 2.28. The van der Waals surface area contributed by atoms with E-state index in [2.05, 4.69) is 15.1 Å². The lowest BCUT2D eigenvalue weighted by atomic mass is 9.96. The van der Waals surface area contributed by atoms with Crippen LogP contribution in [0.15, 0.2) is 34.9 Å². The fourth-order valence-corrected chi connectivity index (χ4v) is 3.43. The minimum Gasteiger partial charge on any atom is -0.408 e. The quantitative estimate of drug-likeness (QED) is 0.632. The molecule has 0 atom stereocenters. The summed E-state index contributed by atoms with van der Waals surface area (Å²) in [6, 6.07) is 6.70. The van der Waals surface area contributed by atoms with E-state index in [0.29, 0.717) is 43.2 Å². The van der Waals surface area contributed by atoms with Gasteiger partial charge in [0.1, 0.15) is 11.6 Å². The summed E-state index contributed by atoms with van der Waals surface area (Å²) >= 11 is 0. The third kappa shape index (κ3) is 4.14. The Morgan fingerprint density at radius 2 is 1.90 bits per heavy atom. The Labute approximate surface area is 171 Å². The molecule has 0 unspecified atom stereocenters. The summed E-state index contributed by atoms with van der Waals surface area (Å²) in [4.78, 5) is 22.6. The van der Waals surface area contributed by atoms with E-state index in [1.54, 1.807) is 24.0 Å². The number of benzene rings is 1. The van der Waals surface area contributed by atoms with Crippen molar-refractivity contribution in [2.45, 2.75) is 32.6 Å². The number of nitrogens with zero attached hydrogens (tertiary/aromatic N) is 4. The van der Waals surface area contributed by atoms with Crippen molar-refractivity contribution >= 4 is 6.09 Å². The highest BCUT2D eigenvalue weighted by Crippen LogP contribution is 2.29. The molecule has 1 aromatic carbocycles. The molecule has 0 saturated carbocycles. The van der Waals surface area contributed by atoms with E-state index in [1.807, 2.05) is 6.92 Å². The Hall–Kier alpha value is -3.36. The molecule has 0 aliphatic carbocycles. The summed E-state index contributed by atoms with van der Waals surface area (Å²) in [5.74, 6) is -0.572. The summed E-state index contributed by atoms with van der Waals surface area (Å²) < 4.78 is 37.6. The zero-order valence-electron chi connectivity index (χ0n) is 16.6. The van der Waals surface area contributed by atoms with E-state index in [0.717, 1.165) is 17.8 Å². The zero-order chi connectivity index (χ0) is 21.3. The van der Waals surface area contributed by atoms with Crippen LogP contribution in [0.2, 0.25) is 0 Å². The lowest BCUT2D eigenvalue weighted by Crippen LogP contribution is -2.39. The first-order chi connectivity index (χ1) is 14.4. The van der Waals surface area contributed by atoms with Crippen LogP contribution in [-0.2, 0) is 0 Å². The molecular formula is C21H20F2N4O3. The number of pyridine rings is 1. The molecule has 4 rings (SSSR count). The predicted molar refractivity (Wildman–Crippen MR) is 103 cm³/mol. The van der Waals surface area contributed by atoms with Crippen LogP contribution in [-0.4, -0.2) is 39.2 Å². The molecule has 3 heterocycles. The normalized spacial score (nSPS) is 14.7. The van der Waals surface area contributed by atoms with Crippen molar-refractivity contribution in [3.8, 4) is 17.2 Å². The van der Waals surface area contributed by atoms with Crippen LogP contribution in [0.25, 0.3) is 11.5 Å². The first kappa shape index (κ1) is 19.9. The highest BCUT2D eigenvalue weighted by molar-refractivity contribution is 5.71. The van der Waals surface area contributed by atoms with Gasteiger partial charge in [-0.3, -0.25) is 4.98 Å². The average Bonchev–Trinajstić information content (AvgIpc) is 3.20. The molecule has 0 radical (unpaired) electrons. The molecule has 3 aromatic rings.